The Bertz CT molecular complexity index is 1010. The van der Waals surface area contributed by atoms with E-state index < -0.39 is 6.10 Å². The second-order valence-corrected chi connectivity index (χ2v) is 6.71. The summed E-state index contributed by atoms with van der Waals surface area (Å²) in [5.74, 6) is -0.212. The van der Waals surface area contributed by atoms with E-state index in [2.05, 4.69) is 20.7 Å². The first-order chi connectivity index (χ1) is 13.6. The predicted octanol–water partition coefficient (Wildman–Crippen LogP) is 2.59. The van der Waals surface area contributed by atoms with E-state index in [0.29, 0.717) is 13.0 Å². The van der Waals surface area contributed by atoms with Gasteiger partial charge in [-0.05, 0) is 37.6 Å². The maximum atomic E-state index is 12.6. The molecule has 0 saturated carbocycles. The van der Waals surface area contributed by atoms with Crippen LogP contribution in [0.15, 0.2) is 54.1 Å². The van der Waals surface area contributed by atoms with Crippen LogP contribution in [0.5, 0.6) is 0 Å². The van der Waals surface area contributed by atoms with Crippen molar-refractivity contribution in [2.75, 3.05) is 5.32 Å². The minimum absolute atomic E-state index is 0.212. The van der Waals surface area contributed by atoms with Crippen molar-refractivity contribution in [3.05, 3.63) is 65.7 Å². The molecule has 1 amide bonds. The van der Waals surface area contributed by atoms with Crippen molar-refractivity contribution in [1.82, 2.24) is 19.6 Å². The van der Waals surface area contributed by atoms with Gasteiger partial charge in [-0.3, -0.25) is 14.2 Å². The highest BCUT2D eigenvalue weighted by molar-refractivity contribution is 6.06. The van der Waals surface area contributed by atoms with Crippen molar-refractivity contribution in [2.45, 2.75) is 39.5 Å². The number of oxime groups is 1. The van der Waals surface area contributed by atoms with Crippen LogP contribution in [0.1, 0.15) is 30.2 Å². The number of amides is 1. The van der Waals surface area contributed by atoms with Crippen LogP contribution in [0, 0.1) is 6.92 Å². The van der Waals surface area contributed by atoms with Gasteiger partial charge in [0.25, 0.3) is 5.91 Å². The summed E-state index contributed by atoms with van der Waals surface area (Å²) in [6.07, 6.45) is 5.37. The highest BCUT2D eigenvalue weighted by Crippen LogP contribution is 2.21. The smallest absolute Gasteiger partial charge is 0.268 e. The van der Waals surface area contributed by atoms with Gasteiger partial charge in [0.2, 0.25) is 6.10 Å². The van der Waals surface area contributed by atoms with E-state index in [1.165, 1.54) is 0 Å². The Kier molecular flexibility index (Phi) is 4.92. The summed E-state index contributed by atoms with van der Waals surface area (Å²) in [4.78, 5) is 18.0. The largest absolute Gasteiger partial charge is 0.382 e. The second-order valence-electron chi connectivity index (χ2n) is 6.71. The third-order valence-corrected chi connectivity index (χ3v) is 4.64. The molecule has 3 aromatic rings. The van der Waals surface area contributed by atoms with Gasteiger partial charge in [0.15, 0.2) is 0 Å². The summed E-state index contributed by atoms with van der Waals surface area (Å²) < 4.78 is 3.69. The molecule has 1 aliphatic rings. The minimum Gasteiger partial charge on any atom is -0.382 e. The zero-order valence-corrected chi connectivity index (χ0v) is 15.9. The molecule has 1 aliphatic heterocycles. The Balaban J connectivity index is 1.39. The van der Waals surface area contributed by atoms with Gasteiger partial charge in [-0.2, -0.15) is 10.2 Å². The number of hydrogen-bond acceptors (Lipinski definition) is 5. The van der Waals surface area contributed by atoms with E-state index >= 15 is 0 Å². The summed E-state index contributed by atoms with van der Waals surface area (Å²) >= 11 is 0. The molecule has 8 nitrogen and oxygen atoms in total. The van der Waals surface area contributed by atoms with Gasteiger partial charge < -0.3 is 10.2 Å². The van der Waals surface area contributed by atoms with E-state index in [0.717, 1.165) is 34.8 Å². The number of benzene rings is 1. The Hall–Kier alpha value is -3.42. The summed E-state index contributed by atoms with van der Waals surface area (Å²) in [7, 11) is 0. The number of carbonyl (C=O) groups is 1. The summed E-state index contributed by atoms with van der Waals surface area (Å²) in [6.45, 7) is 5.39. The van der Waals surface area contributed by atoms with Crippen molar-refractivity contribution in [1.29, 1.82) is 0 Å². The quantitative estimate of drug-likeness (QED) is 0.714. The Morgan fingerprint density at radius 1 is 1.32 bits per heavy atom. The molecule has 1 aromatic carbocycles. The monoisotopic (exact) mass is 378 g/mol. The van der Waals surface area contributed by atoms with E-state index in [1.807, 2.05) is 65.9 Å². The van der Waals surface area contributed by atoms with Crippen LogP contribution in [0.2, 0.25) is 0 Å². The van der Waals surface area contributed by atoms with Crippen LogP contribution < -0.4 is 5.32 Å². The maximum absolute atomic E-state index is 12.6. The van der Waals surface area contributed by atoms with Gasteiger partial charge >= 0.3 is 0 Å². The first-order valence-corrected chi connectivity index (χ1v) is 9.26. The summed E-state index contributed by atoms with van der Waals surface area (Å²) in [5, 5.41) is 15.7. The average Bonchev–Trinajstić information content (AvgIpc) is 3.42. The van der Waals surface area contributed by atoms with E-state index in [-0.39, 0.29) is 5.91 Å². The van der Waals surface area contributed by atoms with Crippen LogP contribution in [0.25, 0.3) is 0 Å². The molecule has 0 aliphatic carbocycles. The van der Waals surface area contributed by atoms with E-state index in [9.17, 15) is 4.79 Å². The van der Waals surface area contributed by atoms with Crippen molar-refractivity contribution in [2.24, 2.45) is 5.16 Å². The molecular formula is C20H22N6O2. The minimum atomic E-state index is -0.644. The zero-order chi connectivity index (χ0) is 19.5. The molecule has 1 N–H and O–H groups in total. The lowest BCUT2D eigenvalue weighted by atomic mass is 10.1. The molecule has 0 spiro atoms. The molecule has 1 atom stereocenters. The number of aromatic nitrogens is 4. The molecule has 4 rings (SSSR count). The van der Waals surface area contributed by atoms with E-state index in [4.69, 9.17) is 4.84 Å². The Morgan fingerprint density at radius 2 is 2.21 bits per heavy atom. The normalized spacial score (nSPS) is 15.9. The number of hydrogen-bond donors (Lipinski definition) is 1. The van der Waals surface area contributed by atoms with Crippen molar-refractivity contribution in [3.63, 3.8) is 0 Å². The Labute approximate surface area is 162 Å². The van der Waals surface area contributed by atoms with Crippen LogP contribution in [-0.2, 0) is 22.7 Å². The molecule has 3 heterocycles. The van der Waals surface area contributed by atoms with Crippen molar-refractivity contribution >= 4 is 17.3 Å². The number of nitrogens with one attached hydrogen (secondary N) is 1. The zero-order valence-electron chi connectivity index (χ0n) is 15.9. The third kappa shape index (κ3) is 3.80. The first kappa shape index (κ1) is 18.0. The second kappa shape index (κ2) is 7.67. The van der Waals surface area contributed by atoms with Crippen molar-refractivity contribution < 1.29 is 9.63 Å². The van der Waals surface area contributed by atoms with Crippen LogP contribution in [0.3, 0.4) is 0 Å². The molecular weight excluding hydrogens is 356 g/mol. The van der Waals surface area contributed by atoms with Gasteiger partial charge in [-0.15, -0.1) is 0 Å². The standard InChI is InChI=1S/C20H22N6O2/c1-3-25-13-17(14(2)23-25)18-11-19(28-24-18)20(27)22-16-7-4-6-15(10-16)12-26-9-5-8-21-26/h4-10,13,19H,3,11-12H2,1-2H3,(H,22,27). The number of rotatable bonds is 6. The fraction of sp³-hybridized carbons (Fsp3) is 0.300. The average molecular weight is 378 g/mol. The first-order valence-electron chi connectivity index (χ1n) is 9.26. The maximum Gasteiger partial charge on any atom is 0.268 e. The fourth-order valence-corrected chi connectivity index (χ4v) is 3.19. The summed E-state index contributed by atoms with van der Waals surface area (Å²) in [6, 6.07) is 9.59. The molecule has 144 valence electrons. The molecule has 0 radical (unpaired) electrons. The lowest BCUT2D eigenvalue weighted by Gasteiger charge is -2.11. The SMILES string of the molecule is CCn1cc(C2=NOC(C(=O)Nc3cccc(Cn4cccn4)c3)C2)c(C)n1. The lowest BCUT2D eigenvalue weighted by molar-refractivity contribution is -0.125. The van der Waals surface area contributed by atoms with Gasteiger partial charge in [0, 0.05) is 42.8 Å². The molecule has 0 saturated heterocycles. The number of aryl methyl sites for hydroxylation is 2. The molecule has 0 bridgehead atoms. The third-order valence-electron chi connectivity index (χ3n) is 4.64. The highest BCUT2D eigenvalue weighted by atomic mass is 16.6. The van der Waals surface area contributed by atoms with Crippen LogP contribution >= 0.6 is 0 Å². The number of carbonyl (C=O) groups excluding carboxylic acids is 1. The van der Waals surface area contributed by atoms with Gasteiger partial charge in [-0.1, -0.05) is 17.3 Å². The molecule has 1 unspecified atom stereocenters. The van der Waals surface area contributed by atoms with Gasteiger partial charge in [0.1, 0.15) is 0 Å². The van der Waals surface area contributed by atoms with Gasteiger partial charge in [0.05, 0.1) is 18.0 Å². The van der Waals surface area contributed by atoms with Gasteiger partial charge in [-0.25, -0.2) is 0 Å². The van der Waals surface area contributed by atoms with Crippen molar-refractivity contribution in [3.8, 4) is 0 Å². The number of anilines is 1. The Morgan fingerprint density at radius 3 is 2.96 bits per heavy atom. The predicted molar refractivity (Wildman–Crippen MR) is 105 cm³/mol. The molecule has 0 fully saturated rings. The lowest BCUT2D eigenvalue weighted by Crippen LogP contribution is -2.28. The molecule has 8 heteroatoms. The molecule has 28 heavy (non-hydrogen) atoms. The number of nitrogens with zero attached hydrogens (tertiary/aromatic N) is 5. The topological polar surface area (TPSA) is 86.3 Å². The summed E-state index contributed by atoms with van der Waals surface area (Å²) in [5.41, 5.74) is 4.34. The molecule has 2 aromatic heterocycles. The highest BCUT2D eigenvalue weighted by Gasteiger charge is 2.30. The fourth-order valence-electron chi connectivity index (χ4n) is 3.19. The van der Waals surface area contributed by atoms with Crippen LogP contribution in [0.4, 0.5) is 5.69 Å². The van der Waals surface area contributed by atoms with Crippen LogP contribution in [-0.4, -0.2) is 37.3 Å². The van der Waals surface area contributed by atoms with E-state index in [1.54, 1.807) is 6.20 Å².